The van der Waals surface area contributed by atoms with Gasteiger partial charge in [0.25, 0.3) is 0 Å². The van der Waals surface area contributed by atoms with Gasteiger partial charge in [0.2, 0.25) is 21.9 Å². The largest absolute Gasteiger partial charge is 0.324 e. The summed E-state index contributed by atoms with van der Waals surface area (Å²) in [5, 5.41) is 5.56. The van der Waals surface area contributed by atoms with Gasteiger partial charge in [0.15, 0.2) is 11.6 Å². The topological polar surface area (TPSA) is 108 Å². The number of hydrogen-bond donors (Lipinski definition) is 2. The number of alkyl halides is 2. The summed E-state index contributed by atoms with van der Waals surface area (Å²) in [6, 6.07) is 11.3. The Balaban J connectivity index is 1.68. The molecule has 9 nitrogen and oxygen atoms in total. The second kappa shape index (κ2) is 10.6. The van der Waals surface area contributed by atoms with E-state index >= 15 is 0 Å². The Labute approximate surface area is 212 Å². The first-order valence-electron chi connectivity index (χ1n) is 11.5. The number of anilines is 5. The first-order valence-corrected chi connectivity index (χ1v) is 13.1. The van der Waals surface area contributed by atoms with Gasteiger partial charge in [-0.2, -0.15) is 13.8 Å². The minimum atomic E-state index is -3.68. The van der Waals surface area contributed by atoms with Crippen LogP contribution in [0.15, 0.2) is 48.7 Å². The van der Waals surface area contributed by atoms with Gasteiger partial charge in [-0.15, -0.1) is 0 Å². The van der Waals surface area contributed by atoms with E-state index in [1.165, 1.54) is 19.1 Å². The van der Waals surface area contributed by atoms with Gasteiger partial charge in [0.05, 0.1) is 42.0 Å². The molecule has 1 aromatic heterocycles. The van der Waals surface area contributed by atoms with E-state index in [-0.39, 0.29) is 41.8 Å². The van der Waals surface area contributed by atoms with Crippen molar-refractivity contribution >= 4 is 44.8 Å². The summed E-state index contributed by atoms with van der Waals surface area (Å²) in [6.07, 6.45) is 0.967. The summed E-state index contributed by atoms with van der Waals surface area (Å²) >= 11 is 0. The maximum absolute atomic E-state index is 14.8. The first-order chi connectivity index (χ1) is 17.6. The number of halogens is 3. The Kier molecular flexibility index (Phi) is 7.52. The number of benzene rings is 2. The number of rotatable bonds is 10. The maximum Gasteiger partial charge on any atom is 0.316 e. The van der Waals surface area contributed by atoms with Gasteiger partial charge in [-0.25, -0.2) is 17.8 Å². The van der Waals surface area contributed by atoms with Gasteiger partial charge in [-0.3, -0.25) is 14.0 Å². The molecule has 2 N–H and O–H groups in total. The zero-order chi connectivity index (χ0) is 26.7. The predicted octanol–water partition coefficient (Wildman–Crippen LogP) is 4.26. The summed E-state index contributed by atoms with van der Waals surface area (Å²) in [7, 11) is -3.68. The summed E-state index contributed by atoms with van der Waals surface area (Å²) in [5.74, 6) is -2.27. The van der Waals surface area contributed by atoms with Crippen LogP contribution in [-0.4, -0.2) is 43.1 Å². The molecule has 1 aliphatic heterocycles. The Morgan fingerprint density at radius 2 is 1.89 bits per heavy atom. The Bertz CT molecular complexity index is 1420. The fourth-order valence-corrected chi connectivity index (χ4v) is 5.26. The number of nitrogens with one attached hydrogen (secondary N) is 2. The van der Waals surface area contributed by atoms with Crippen LogP contribution in [0.25, 0.3) is 0 Å². The van der Waals surface area contributed by atoms with Crippen LogP contribution >= 0.6 is 0 Å². The molecule has 0 saturated carbocycles. The zero-order valence-electron chi connectivity index (χ0n) is 20.1. The van der Waals surface area contributed by atoms with Crippen LogP contribution in [0.1, 0.15) is 25.0 Å². The predicted molar refractivity (Wildman–Crippen MR) is 135 cm³/mol. The highest BCUT2D eigenvalue weighted by atomic mass is 32.2. The molecule has 1 aliphatic rings. The van der Waals surface area contributed by atoms with Crippen LogP contribution in [0.2, 0.25) is 0 Å². The Morgan fingerprint density at radius 3 is 2.59 bits per heavy atom. The van der Waals surface area contributed by atoms with Gasteiger partial charge in [0.1, 0.15) is 0 Å². The first kappa shape index (κ1) is 26.2. The molecule has 2 aromatic carbocycles. The molecule has 0 radical (unpaired) electrons. The van der Waals surface area contributed by atoms with Crippen molar-refractivity contribution < 1.29 is 26.4 Å². The lowest BCUT2D eigenvalue weighted by Crippen LogP contribution is -2.35. The van der Waals surface area contributed by atoms with Crippen LogP contribution in [-0.2, 0) is 27.8 Å². The van der Waals surface area contributed by atoms with E-state index in [1.54, 1.807) is 37.3 Å². The number of para-hydroxylation sites is 2. The molecule has 3 aromatic rings. The molecule has 2 heterocycles. The highest BCUT2D eigenvalue weighted by Crippen LogP contribution is 2.34. The number of aromatic nitrogens is 2. The van der Waals surface area contributed by atoms with E-state index in [0.29, 0.717) is 16.3 Å². The number of sulfonamides is 1. The standard InChI is InChI=1S/C24H25F3N6O3S/c1-3-33(37(35,36)4-2)19-11-6-5-8-16(19)14-32(23(26)27)22-17(25)13-28-24(31-22)29-18-10-7-9-15-12-20(34)30-21(15)18/h5-11,13,23H,3-4,12,14H2,1-2H3,(H,30,34)(H,28,29,31). The van der Waals surface area contributed by atoms with E-state index < -0.39 is 34.8 Å². The molecule has 0 bridgehead atoms. The summed E-state index contributed by atoms with van der Waals surface area (Å²) in [5.41, 5.74) is 2.15. The average molecular weight is 535 g/mol. The summed E-state index contributed by atoms with van der Waals surface area (Å²) in [4.78, 5) is 20.1. The highest BCUT2D eigenvalue weighted by Gasteiger charge is 2.27. The lowest BCUT2D eigenvalue weighted by Gasteiger charge is -2.28. The van der Waals surface area contributed by atoms with Crippen LogP contribution in [0.4, 0.5) is 42.0 Å². The quantitative estimate of drug-likeness (QED) is 0.374. The number of nitrogens with zero attached hydrogens (tertiary/aromatic N) is 4. The molecule has 1 amide bonds. The van der Waals surface area contributed by atoms with Crippen molar-refractivity contribution in [1.29, 1.82) is 0 Å². The lowest BCUT2D eigenvalue weighted by atomic mass is 10.1. The third-order valence-electron chi connectivity index (χ3n) is 5.83. The molecule has 4 rings (SSSR count). The highest BCUT2D eigenvalue weighted by molar-refractivity contribution is 7.92. The van der Waals surface area contributed by atoms with Crippen molar-refractivity contribution in [2.75, 3.05) is 32.1 Å². The van der Waals surface area contributed by atoms with Crippen LogP contribution in [0, 0.1) is 5.82 Å². The van der Waals surface area contributed by atoms with E-state index in [9.17, 15) is 26.4 Å². The third kappa shape index (κ3) is 5.45. The normalized spacial score (nSPS) is 12.9. The molecule has 13 heteroatoms. The van der Waals surface area contributed by atoms with Crippen LogP contribution in [0.3, 0.4) is 0 Å². The molecule has 0 fully saturated rings. The molecule has 0 saturated heterocycles. The average Bonchev–Trinajstić information content (AvgIpc) is 3.26. The minimum absolute atomic E-state index is 0.0930. The fourth-order valence-electron chi connectivity index (χ4n) is 4.08. The van der Waals surface area contributed by atoms with E-state index in [1.807, 2.05) is 0 Å². The number of fused-ring (bicyclic) bond motifs is 1. The smallest absolute Gasteiger partial charge is 0.316 e. The second-order valence-electron chi connectivity index (χ2n) is 8.15. The van der Waals surface area contributed by atoms with Crippen molar-refractivity contribution in [2.45, 2.75) is 33.4 Å². The summed E-state index contributed by atoms with van der Waals surface area (Å²) in [6.45, 7) is -0.462. The molecule has 0 atom stereocenters. The van der Waals surface area contributed by atoms with Crippen molar-refractivity contribution in [3.05, 3.63) is 65.6 Å². The monoisotopic (exact) mass is 534 g/mol. The third-order valence-corrected chi connectivity index (χ3v) is 7.69. The molecule has 0 unspecified atom stereocenters. The van der Waals surface area contributed by atoms with Crippen molar-refractivity contribution in [3.8, 4) is 0 Å². The number of carbonyl (C=O) groups is 1. The van der Waals surface area contributed by atoms with E-state index in [0.717, 1.165) is 16.1 Å². The Morgan fingerprint density at radius 1 is 1.14 bits per heavy atom. The van der Waals surface area contributed by atoms with Crippen molar-refractivity contribution in [2.24, 2.45) is 0 Å². The van der Waals surface area contributed by atoms with Gasteiger partial charge in [-0.05, 0) is 37.1 Å². The van der Waals surface area contributed by atoms with Gasteiger partial charge < -0.3 is 10.6 Å². The zero-order valence-corrected chi connectivity index (χ0v) is 20.9. The van der Waals surface area contributed by atoms with Crippen molar-refractivity contribution in [1.82, 2.24) is 9.97 Å². The number of hydrogen-bond acceptors (Lipinski definition) is 7. The second-order valence-corrected chi connectivity index (χ2v) is 10.3. The molecule has 0 spiro atoms. The molecule has 196 valence electrons. The van der Waals surface area contributed by atoms with Crippen LogP contribution < -0.4 is 19.8 Å². The van der Waals surface area contributed by atoms with Crippen molar-refractivity contribution in [3.63, 3.8) is 0 Å². The van der Waals surface area contributed by atoms with Gasteiger partial charge in [0, 0.05) is 6.54 Å². The minimum Gasteiger partial charge on any atom is -0.324 e. The van der Waals surface area contributed by atoms with E-state index in [4.69, 9.17) is 0 Å². The maximum atomic E-state index is 14.8. The fraction of sp³-hybridized carbons (Fsp3) is 0.292. The SMILES string of the molecule is CCN(c1ccccc1CN(c1nc(Nc2cccc3c2NC(=O)C3)ncc1F)C(F)F)S(=O)(=O)CC. The lowest BCUT2D eigenvalue weighted by molar-refractivity contribution is -0.115. The number of carbonyl (C=O) groups excluding carboxylic acids is 1. The summed E-state index contributed by atoms with van der Waals surface area (Å²) < 4.78 is 69.6. The molecular weight excluding hydrogens is 509 g/mol. The van der Waals surface area contributed by atoms with Gasteiger partial charge in [-0.1, -0.05) is 30.3 Å². The molecule has 0 aliphatic carbocycles. The molecular formula is C24H25F3N6O3S. The van der Waals surface area contributed by atoms with Crippen LogP contribution in [0.5, 0.6) is 0 Å². The Hall–Kier alpha value is -3.87. The van der Waals surface area contributed by atoms with E-state index in [2.05, 4.69) is 20.6 Å². The molecule has 37 heavy (non-hydrogen) atoms. The van der Waals surface area contributed by atoms with Gasteiger partial charge >= 0.3 is 6.55 Å². The number of amides is 1.